The third-order valence-electron chi connectivity index (χ3n) is 5.22. The summed E-state index contributed by atoms with van der Waals surface area (Å²) in [5, 5.41) is 6.37. The first-order valence-electron chi connectivity index (χ1n) is 9.37. The lowest BCUT2D eigenvalue weighted by Gasteiger charge is -2.37. The van der Waals surface area contributed by atoms with Gasteiger partial charge in [-0.15, -0.1) is 0 Å². The average molecular weight is 413 g/mol. The van der Waals surface area contributed by atoms with E-state index in [4.69, 9.17) is 21.3 Å². The lowest BCUT2D eigenvalue weighted by atomic mass is 9.98. The van der Waals surface area contributed by atoms with Crippen LogP contribution in [0.2, 0.25) is 5.02 Å². The fourth-order valence-electron chi connectivity index (χ4n) is 3.64. The van der Waals surface area contributed by atoms with Crippen molar-refractivity contribution in [1.82, 2.24) is 10.2 Å². The third-order valence-corrected chi connectivity index (χ3v) is 5.45. The van der Waals surface area contributed by atoms with Gasteiger partial charge in [0.15, 0.2) is 0 Å². The zero-order valence-corrected chi connectivity index (χ0v) is 16.7. The number of aliphatic imine (C=N–C) groups is 1. The Morgan fingerprint density at radius 3 is 2.62 bits per heavy atom. The minimum Gasteiger partial charge on any atom is -0.495 e. The van der Waals surface area contributed by atoms with E-state index in [1.165, 1.54) is 7.11 Å². The second-order valence-electron chi connectivity index (χ2n) is 7.07. The summed E-state index contributed by atoms with van der Waals surface area (Å²) in [7, 11) is 1.54. The Kier molecular flexibility index (Phi) is 5.15. The molecule has 2 N–H and O–H groups in total. The molecule has 2 aliphatic rings. The van der Waals surface area contributed by atoms with Crippen LogP contribution in [0, 0.1) is 0 Å². The summed E-state index contributed by atoms with van der Waals surface area (Å²) >= 11 is 6.03. The fraction of sp³-hybridized carbons (Fsp3) is 0.286. The summed E-state index contributed by atoms with van der Waals surface area (Å²) < 4.78 is 5.27. The number of ether oxygens (including phenoxy) is 1. The summed E-state index contributed by atoms with van der Waals surface area (Å²) in [6.45, 7) is 0.946. The molecule has 0 radical (unpaired) electrons. The van der Waals surface area contributed by atoms with Gasteiger partial charge in [-0.2, -0.15) is 0 Å². The Morgan fingerprint density at radius 1 is 1.21 bits per heavy atom. The molecule has 0 aliphatic carbocycles. The molecule has 0 aromatic heterocycles. The number of methoxy groups -OCH3 is 1. The van der Waals surface area contributed by atoms with Gasteiger partial charge in [-0.05, 0) is 18.2 Å². The third kappa shape index (κ3) is 3.91. The van der Waals surface area contributed by atoms with Gasteiger partial charge in [0, 0.05) is 36.5 Å². The van der Waals surface area contributed by atoms with Crippen LogP contribution in [0.15, 0.2) is 53.5 Å². The summed E-state index contributed by atoms with van der Waals surface area (Å²) in [5.74, 6) is 0.370. The van der Waals surface area contributed by atoms with Crippen molar-refractivity contribution in [2.45, 2.75) is 18.5 Å². The van der Waals surface area contributed by atoms with Crippen LogP contribution < -0.4 is 15.4 Å². The van der Waals surface area contributed by atoms with Gasteiger partial charge in [-0.25, -0.2) is 4.79 Å². The SMILES string of the molecule is COc1ccc(Cl)cc1NC(=O)N1CCC2(CC1)N=C(c1ccccc1)C(=O)N2. The van der Waals surface area contributed by atoms with Gasteiger partial charge >= 0.3 is 6.03 Å². The topological polar surface area (TPSA) is 83.0 Å². The van der Waals surface area contributed by atoms with E-state index in [0.717, 1.165) is 5.56 Å². The first-order chi connectivity index (χ1) is 14.0. The Balaban J connectivity index is 1.43. The monoisotopic (exact) mass is 412 g/mol. The minimum absolute atomic E-state index is 0.169. The molecule has 29 heavy (non-hydrogen) atoms. The van der Waals surface area contributed by atoms with Gasteiger partial charge in [0.05, 0.1) is 12.8 Å². The average Bonchev–Trinajstić information content (AvgIpc) is 3.05. The van der Waals surface area contributed by atoms with Crippen molar-refractivity contribution in [2.75, 3.05) is 25.5 Å². The summed E-state index contributed by atoms with van der Waals surface area (Å²) in [6.07, 6.45) is 1.10. The van der Waals surface area contributed by atoms with Crippen molar-refractivity contribution >= 4 is 34.9 Å². The van der Waals surface area contributed by atoms with Crippen LogP contribution in [-0.4, -0.2) is 48.4 Å². The number of amides is 3. The highest BCUT2D eigenvalue weighted by Crippen LogP contribution is 2.31. The largest absolute Gasteiger partial charge is 0.495 e. The first-order valence-corrected chi connectivity index (χ1v) is 9.75. The summed E-state index contributed by atoms with van der Waals surface area (Å²) in [5.41, 5.74) is 1.12. The van der Waals surface area contributed by atoms with Gasteiger partial charge in [-0.1, -0.05) is 41.9 Å². The van der Waals surface area contributed by atoms with E-state index in [2.05, 4.69) is 10.6 Å². The van der Waals surface area contributed by atoms with E-state index in [-0.39, 0.29) is 11.9 Å². The van der Waals surface area contributed by atoms with Crippen molar-refractivity contribution in [3.63, 3.8) is 0 Å². The molecule has 2 aliphatic heterocycles. The number of likely N-dealkylation sites (tertiary alicyclic amines) is 1. The number of urea groups is 1. The van der Waals surface area contributed by atoms with Crippen LogP contribution in [-0.2, 0) is 4.79 Å². The molecule has 0 saturated carbocycles. The molecular formula is C21H21ClN4O3. The standard InChI is InChI=1S/C21H21ClN4O3/c1-29-17-8-7-15(22)13-16(17)23-20(28)26-11-9-21(10-12-26)24-18(19(27)25-21)14-5-3-2-4-6-14/h2-8,13H,9-12H2,1H3,(H,23,28)(H,25,27). The lowest BCUT2D eigenvalue weighted by molar-refractivity contribution is -0.115. The maximum absolute atomic E-state index is 12.7. The van der Waals surface area contributed by atoms with Crippen LogP contribution in [0.4, 0.5) is 10.5 Å². The molecule has 0 atom stereocenters. The molecule has 1 spiro atoms. The minimum atomic E-state index is -0.646. The number of carbonyl (C=O) groups excluding carboxylic acids is 2. The smallest absolute Gasteiger partial charge is 0.321 e. The van der Waals surface area contributed by atoms with Crippen molar-refractivity contribution in [3.05, 3.63) is 59.1 Å². The van der Waals surface area contributed by atoms with E-state index in [9.17, 15) is 9.59 Å². The first kappa shape index (κ1) is 19.3. The lowest BCUT2D eigenvalue weighted by Crippen LogP contribution is -2.53. The molecular weight excluding hydrogens is 392 g/mol. The second-order valence-corrected chi connectivity index (χ2v) is 7.51. The van der Waals surface area contributed by atoms with Crippen molar-refractivity contribution in [2.24, 2.45) is 4.99 Å². The van der Waals surface area contributed by atoms with Gasteiger partial charge in [-0.3, -0.25) is 9.79 Å². The summed E-state index contributed by atoms with van der Waals surface area (Å²) in [6, 6.07) is 14.2. The zero-order chi connectivity index (χ0) is 20.4. The fourth-order valence-corrected chi connectivity index (χ4v) is 3.82. The number of piperidine rings is 1. The Hall–Kier alpha value is -3.06. The molecule has 1 saturated heterocycles. The summed E-state index contributed by atoms with van der Waals surface area (Å²) in [4.78, 5) is 31.5. The van der Waals surface area contributed by atoms with Gasteiger partial charge in [0.1, 0.15) is 17.1 Å². The number of anilines is 1. The highest BCUT2D eigenvalue weighted by molar-refractivity contribution is 6.46. The van der Waals surface area contributed by atoms with E-state index in [1.54, 1.807) is 23.1 Å². The molecule has 3 amide bonds. The van der Waals surface area contributed by atoms with Gasteiger partial charge in [0.2, 0.25) is 0 Å². The molecule has 4 rings (SSSR count). The molecule has 1 fully saturated rings. The number of hydrogen-bond donors (Lipinski definition) is 2. The Morgan fingerprint density at radius 2 is 1.93 bits per heavy atom. The van der Waals surface area contributed by atoms with Gasteiger partial charge in [0.25, 0.3) is 5.91 Å². The van der Waals surface area contributed by atoms with E-state index in [0.29, 0.717) is 48.1 Å². The Labute approximate surface area is 173 Å². The number of nitrogens with one attached hydrogen (secondary N) is 2. The molecule has 8 heteroatoms. The maximum atomic E-state index is 12.7. The van der Waals surface area contributed by atoms with Crippen LogP contribution in [0.1, 0.15) is 18.4 Å². The highest BCUT2D eigenvalue weighted by atomic mass is 35.5. The van der Waals surface area contributed by atoms with E-state index < -0.39 is 5.66 Å². The molecule has 2 aromatic rings. The van der Waals surface area contributed by atoms with Crippen LogP contribution >= 0.6 is 11.6 Å². The molecule has 150 valence electrons. The highest BCUT2D eigenvalue weighted by Gasteiger charge is 2.42. The van der Waals surface area contributed by atoms with Crippen molar-refractivity contribution < 1.29 is 14.3 Å². The van der Waals surface area contributed by atoms with Gasteiger partial charge < -0.3 is 20.3 Å². The van der Waals surface area contributed by atoms with Crippen molar-refractivity contribution in [1.29, 1.82) is 0 Å². The molecule has 2 aromatic carbocycles. The number of hydrogen-bond acceptors (Lipinski definition) is 4. The molecule has 0 bridgehead atoms. The second kappa shape index (κ2) is 7.75. The quantitative estimate of drug-likeness (QED) is 0.811. The predicted molar refractivity (Wildman–Crippen MR) is 112 cm³/mol. The van der Waals surface area contributed by atoms with E-state index >= 15 is 0 Å². The number of rotatable bonds is 3. The van der Waals surface area contributed by atoms with Crippen molar-refractivity contribution in [3.8, 4) is 5.75 Å². The van der Waals surface area contributed by atoms with Crippen LogP contribution in [0.3, 0.4) is 0 Å². The Bertz CT molecular complexity index is 969. The number of benzene rings is 2. The van der Waals surface area contributed by atoms with Crippen LogP contribution in [0.25, 0.3) is 0 Å². The number of carbonyl (C=O) groups is 2. The zero-order valence-electron chi connectivity index (χ0n) is 15.9. The molecule has 7 nitrogen and oxygen atoms in total. The maximum Gasteiger partial charge on any atom is 0.321 e. The number of nitrogens with zero attached hydrogens (tertiary/aromatic N) is 2. The van der Waals surface area contributed by atoms with E-state index in [1.807, 2.05) is 30.3 Å². The number of halogens is 1. The molecule has 0 unspecified atom stereocenters. The molecule has 2 heterocycles. The predicted octanol–water partition coefficient (Wildman–Crippen LogP) is 3.29. The van der Waals surface area contributed by atoms with Crippen LogP contribution in [0.5, 0.6) is 5.75 Å². The normalized spacial score (nSPS) is 17.7.